The fourth-order valence-electron chi connectivity index (χ4n) is 4.10. The maximum Gasteiger partial charge on any atom is 0.417 e. The molecule has 0 saturated carbocycles. The van der Waals surface area contributed by atoms with Gasteiger partial charge in [-0.05, 0) is 55.5 Å². The second kappa shape index (κ2) is 8.18. The number of aromatic nitrogens is 1. The molecule has 11 heteroatoms. The molecule has 4 rings (SSSR count). The smallest absolute Gasteiger partial charge is 0.417 e. The summed E-state index contributed by atoms with van der Waals surface area (Å²) in [6, 6.07) is 5.61. The van der Waals surface area contributed by atoms with Crippen LogP contribution >= 0.6 is 11.6 Å². The Morgan fingerprint density at radius 1 is 1.09 bits per heavy atom. The molecule has 33 heavy (non-hydrogen) atoms. The lowest BCUT2D eigenvalue weighted by atomic mass is 9.92. The number of carbonyl (C=O) groups is 1. The number of H-pyrrole nitrogens is 1. The first-order chi connectivity index (χ1) is 15.4. The van der Waals surface area contributed by atoms with Gasteiger partial charge < -0.3 is 10.1 Å². The van der Waals surface area contributed by atoms with Crippen molar-refractivity contribution in [2.24, 2.45) is 0 Å². The molecule has 5 nitrogen and oxygen atoms in total. The zero-order valence-corrected chi connectivity index (χ0v) is 18.3. The Kier molecular flexibility index (Phi) is 5.78. The van der Waals surface area contributed by atoms with E-state index in [1.165, 1.54) is 0 Å². The topological polar surface area (TPSA) is 87.2 Å². The Balaban J connectivity index is 2.04. The highest BCUT2D eigenvalue weighted by molar-refractivity contribution is 7.91. The quantitative estimate of drug-likeness (QED) is 0.435. The van der Waals surface area contributed by atoms with Crippen LogP contribution in [0.5, 0.6) is 0 Å². The van der Waals surface area contributed by atoms with Crippen LogP contribution in [-0.2, 0) is 28.9 Å². The number of carboxylic acids is 1. The summed E-state index contributed by atoms with van der Waals surface area (Å²) in [7, 11) is -4.89. The molecular formula is C22H16ClF4NO4S. The molecule has 1 aromatic heterocycles. The Labute approximate surface area is 190 Å². The number of rotatable bonds is 4. The molecule has 0 spiro atoms. The van der Waals surface area contributed by atoms with Crippen molar-refractivity contribution in [3.8, 4) is 11.1 Å². The summed E-state index contributed by atoms with van der Waals surface area (Å²) < 4.78 is 83.1. The number of aromatic amines is 1. The van der Waals surface area contributed by atoms with Crippen molar-refractivity contribution in [3.05, 3.63) is 69.6 Å². The van der Waals surface area contributed by atoms with E-state index in [9.17, 15) is 30.8 Å². The Bertz CT molecular complexity index is 1380. The molecule has 0 atom stereocenters. The third-order valence-electron chi connectivity index (χ3n) is 5.56. The minimum atomic E-state index is -5.01. The van der Waals surface area contributed by atoms with Gasteiger partial charge in [0.2, 0.25) is 9.84 Å². The van der Waals surface area contributed by atoms with E-state index in [1.54, 1.807) is 0 Å². The number of fused-ring (bicyclic) bond motifs is 1. The van der Waals surface area contributed by atoms with Crippen LogP contribution in [0.2, 0.25) is 5.02 Å². The van der Waals surface area contributed by atoms with Gasteiger partial charge >= 0.3 is 12.1 Å². The van der Waals surface area contributed by atoms with Crippen LogP contribution in [0.25, 0.3) is 11.1 Å². The van der Waals surface area contributed by atoms with E-state index >= 15 is 0 Å². The second-order valence-corrected chi connectivity index (χ2v) is 9.84. The van der Waals surface area contributed by atoms with Crippen molar-refractivity contribution < 1.29 is 35.9 Å². The fourth-order valence-corrected chi connectivity index (χ4v) is 6.34. The maximum absolute atomic E-state index is 15.0. The Morgan fingerprint density at radius 2 is 1.79 bits per heavy atom. The highest BCUT2D eigenvalue weighted by Gasteiger charge is 2.41. The molecule has 3 aromatic rings. The second-order valence-electron chi connectivity index (χ2n) is 7.61. The van der Waals surface area contributed by atoms with E-state index in [0.29, 0.717) is 43.0 Å². The number of benzene rings is 2. The molecule has 0 amide bonds. The van der Waals surface area contributed by atoms with E-state index in [0.717, 1.165) is 30.3 Å². The zero-order chi connectivity index (χ0) is 24.1. The van der Waals surface area contributed by atoms with Gasteiger partial charge in [-0.15, -0.1) is 0 Å². The minimum absolute atomic E-state index is 0.104. The monoisotopic (exact) mass is 501 g/mol. The third kappa shape index (κ3) is 4.02. The van der Waals surface area contributed by atoms with Gasteiger partial charge in [-0.2, -0.15) is 13.2 Å². The van der Waals surface area contributed by atoms with E-state index in [-0.39, 0.29) is 16.7 Å². The fraction of sp³-hybridized carbons (Fsp3) is 0.227. The van der Waals surface area contributed by atoms with Crippen molar-refractivity contribution in [2.45, 2.75) is 41.8 Å². The average Bonchev–Trinajstić information content (AvgIpc) is 3.13. The van der Waals surface area contributed by atoms with Crippen LogP contribution < -0.4 is 0 Å². The molecule has 174 valence electrons. The first kappa shape index (κ1) is 23.3. The number of carboxylic acid groups (broad SMARTS) is 1. The average molecular weight is 502 g/mol. The lowest BCUT2D eigenvalue weighted by molar-refractivity contribution is -0.139. The molecule has 0 aliphatic heterocycles. The van der Waals surface area contributed by atoms with E-state index < -0.39 is 48.3 Å². The summed E-state index contributed by atoms with van der Waals surface area (Å²) in [5.41, 5.74) is -1.16. The lowest BCUT2D eigenvalue weighted by Crippen LogP contribution is -2.15. The Hall–Kier alpha value is -2.85. The molecular weight excluding hydrogens is 486 g/mol. The number of halogens is 5. The summed E-state index contributed by atoms with van der Waals surface area (Å²) in [6.45, 7) is 0. The predicted octanol–water partition coefficient (Wildman–Crippen LogP) is 5.90. The maximum atomic E-state index is 15.0. The molecule has 0 radical (unpaired) electrons. The van der Waals surface area contributed by atoms with E-state index in [1.807, 2.05) is 0 Å². The zero-order valence-electron chi connectivity index (χ0n) is 16.8. The molecule has 1 aliphatic rings. The molecule has 1 aliphatic carbocycles. The molecule has 0 bridgehead atoms. The van der Waals surface area contributed by atoms with Gasteiger partial charge in [0.1, 0.15) is 15.7 Å². The van der Waals surface area contributed by atoms with Crippen molar-refractivity contribution >= 4 is 27.4 Å². The Morgan fingerprint density at radius 3 is 2.42 bits per heavy atom. The largest absolute Gasteiger partial charge is 0.478 e. The summed E-state index contributed by atoms with van der Waals surface area (Å²) in [6.07, 6.45) is -2.81. The van der Waals surface area contributed by atoms with Gasteiger partial charge in [0, 0.05) is 16.8 Å². The lowest BCUT2D eigenvalue weighted by Gasteiger charge is -2.16. The molecule has 0 fully saturated rings. The number of aromatic carboxylic acids is 1. The van der Waals surface area contributed by atoms with Crippen molar-refractivity contribution in [2.75, 3.05) is 0 Å². The number of hydrogen-bond donors (Lipinski definition) is 2. The molecule has 2 aromatic carbocycles. The molecule has 0 saturated heterocycles. The van der Waals surface area contributed by atoms with Crippen LogP contribution in [0.15, 0.2) is 46.3 Å². The predicted molar refractivity (Wildman–Crippen MR) is 112 cm³/mol. The molecule has 1 heterocycles. The van der Waals surface area contributed by atoms with Gasteiger partial charge in [0.05, 0.1) is 16.1 Å². The van der Waals surface area contributed by atoms with Crippen molar-refractivity contribution in [1.29, 1.82) is 0 Å². The minimum Gasteiger partial charge on any atom is -0.478 e. The third-order valence-corrected chi connectivity index (χ3v) is 7.80. The number of sulfone groups is 1. The summed E-state index contributed by atoms with van der Waals surface area (Å²) in [5, 5.41) is 7.88. The van der Waals surface area contributed by atoms with Gasteiger partial charge in [-0.1, -0.05) is 23.7 Å². The standard InChI is InChI=1S/C22H16ClF4NO4S/c23-15-6-3-5-14(22(25,26)27)19(15)33(31,32)20-18(13-4-1-2-7-17(13)28-20)12-9-8-11(21(29)30)10-16(12)24/h3,5-6,8-10,28H,1-2,4,7H2,(H,29,30). The summed E-state index contributed by atoms with van der Waals surface area (Å²) in [5.74, 6) is -2.38. The SMILES string of the molecule is O=C(O)c1ccc(-c2c(S(=O)(=O)c3c(Cl)cccc3C(F)(F)F)[nH]c3c2CCCC3)c(F)c1. The summed E-state index contributed by atoms with van der Waals surface area (Å²) >= 11 is 5.95. The molecule has 0 unspecified atom stereocenters. The van der Waals surface area contributed by atoms with Crippen LogP contribution in [-0.4, -0.2) is 24.5 Å². The van der Waals surface area contributed by atoms with Crippen molar-refractivity contribution in [1.82, 2.24) is 4.98 Å². The molecule has 2 N–H and O–H groups in total. The van der Waals surface area contributed by atoms with Crippen molar-refractivity contribution in [3.63, 3.8) is 0 Å². The highest BCUT2D eigenvalue weighted by Crippen LogP contribution is 2.44. The van der Waals surface area contributed by atoms with Crippen LogP contribution in [0.4, 0.5) is 17.6 Å². The highest BCUT2D eigenvalue weighted by atomic mass is 35.5. The number of nitrogens with one attached hydrogen (secondary N) is 1. The van der Waals surface area contributed by atoms with Gasteiger partial charge in [-0.25, -0.2) is 17.6 Å². The summed E-state index contributed by atoms with van der Waals surface area (Å²) in [4.78, 5) is 12.8. The van der Waals surface area contributed by atoms with Crippen LogP contribution in [0.1, 0.15) is 40.0 Å². The van der Waals surface area contributed by atoms with Gasteiger partial charge in [-0.3, -0.25) is 0 Å². The van der Waals surface area contributed by atoms with Gasteiger partial charge in [0.25, 0.3) is 0 Å². The van der Waals surface area contributed by atoms with E-state index in [4.69, 9.17) is 16.7 Å². The number of alkyl halides is 3. The number of aryl methyl sites for hydroxylation is 1. The first-order valence-electron chi connectivity index (χ1n) is 9.80. The van der Waals surface area contributed by atoms with Crippen LogP contribution in [0.3, 0.4) is 0 Å². The van der Waals surface area contributed by atoms with Gasteiger partial charge in [0.15, 0.2) is 0 Å². The first-order valence-corrected chi connectivity index (χ1v) is 11.7. The normalized spacial score (nSPS) is 14.2. The van der Waals surface area contributed by atoms with Crippen LogP contribution in [0, 0.1) is 5.82 Å². The van der Waals surface area contributed by atoms with E-state index in [2.05, 4.69) is 4.98 Å². The number of hydrogen-bond acceptors (Lipinski definition) is 3.